The van der Waals surface area contributed by atoms with Crippen LogP contribution in [0, 0.1) is 5.92 Å². The molecule has 2 aromatic rings. The molecule has 4 heteroatoms. The average Bonchev–Trinajstić information content (AvgIpc) is 2.64. The summed E-state index contributed by atoms with van der Waals surface area (Å²) in [4.78, 5) is 4.42. The Morgan fingerprint density at radius 1 is 1.12 bits per heavy atom. The van der Waals surface area contributed by atoms with Crippen molar-refractivity contribution in [2.24, 2.45) is 5.92 Å². The monoisotopic (exact) mass is 358 g/mol. The average molecular weight is 359 g/mol. The van der Waals surface area contributed by atoms with Gasteiger partial charge in [0.2, 0.25) is 0 Å². The molecular formula is C22H34N2O2. The van der Waals surface area contributed by atoms with Crippen LogP contribution in [0.4, 0.5) is 0 Å². The van der Waals surface area contributed by atoms with Crippen LogP contribution in [0.5, 0.6) is 5.75 Å². The van der Waals surface area contributed by atoms with Crippen molar-refractivity contribution in [3.8, 4) is 5.75 Å². The van der Waals surface area contributed by atoms with Crippen LogP contribution in [-0.4, -0.2) is 37.4 Å². The molecule has 1 aromatic carbocycles. The van der Waals surface area contributed by atoms with Crippen LogP contribution in [0.1, 0.15) is 46.5 Å². The Morgan fingerprint density at radius 2 is 1.92 bits per heavy atom. The Morgan fingerprint density at radius 3 is 2.73 bits per heavy atom. The molecule has 0 saturated carbocycles. The molecule has 0 aliphatic rings. The number of aromatic nitrogens is 1. The highest BCUT2D eigenvalue weighted by molar-refractivity contribution is 5.84. The molecule has 0 amide bonds. The highest BCUT2D eigenvalue weighted by atomic mass is 16.5. The number of hydrogen-bond donors (Lipinski definition) is 1. The topological polar surface area (TPSA) is 43.4 Å². The van der Waals surface area contributed by atoms with Crippen LogP contribution in [0.15, 0.2) is 36.5 Å². The standard InChI is InChI=1S/C22H34N2O2/c1-18(8-6-13-22(2,3)25-4)12-15-23-16-17-26-20-11-5-9-19-10-7-14-24-21(19)20/h5,7,9-11,14,18,23H,6,8,12-13,15-17H2,1-4H3. The van der Waals surface area contributed by atoms with Crippen molar-refractivity contribution in [3.63, 3.8) is 0 Å². The molecule has 0 spiro atoms. The number of hydrogen-bond acceptors (Lipinski definition) is 4. The first-order valence-corrected chi connectivity index (χ1v) is 9.74. The maximum absolute atomic E-state index is 5.90. The zero-order chi connectivity index (χ0) is 18.8. The van der Waals surface area contributed by atoms with Crippen molar-refractivity contribution in [1.29, 1.82) is 0 Å². The van der Waals surface area contributed by atoms with E-state index in [0.717, 1.165) is 42.1 Å². The Balaban J connectivity index is 1.58. The zero-order valence-electron chi connectivity index (χ0n) is 16.8. The molecule has 0 bridgehead atoms. The van der Waals surface area contributed by atoms with Gasteiger partial charge in [-0.3, -0.25) is 4.98 Å². The first-order chi connectivity index (χ1) is 12.5. The molecule has 1 heterocycles. The van der Waals surface area contributed by atoms with E-state index in [1.807, 2.05) is 24.4 Å². The van der Waals surface area contributed by atoms with E-state index in [2.05, 4.69) is 43.2 Å². The van der Waals surface area contributed by atoms with Crippen molar-refractivity contribution in [2.75, 3.05) is 26.8 Å². The van der Waals surface area contributed by atoms with Crippen molar-refractivity contribution in [3.05, 3.63) is 36.5 Å². The second-order valence-electron chi connectivity index (χ2n) is 7.68. The van der Waals surface area contributed by atoms with Gasteiger partial charge in [0.15, 0.2) is 0 Å². The summed E-state index contributed by atoms with van der Waals surface area (Å²) in [5.41, 5.74) is 0.939. The second kappa shape index (κ2) is 10.5. The first kappa shape index (κ1) is 20.7. The largest absolute Gasteiger partial charge is 0.490 e. The molecular weight excluding hydrogens is 324 g/mol. The SMILES string of the molecule is COC(C)(C)CCCC(C)CCNCCOc1cccc2cccnc12. The van der Waals surface area contributed by atoms with Crippen LogP contribution >= 0.6 is 0 Å². The second-order valence-corrected chi connectivity index (χ2v) is 7.68. The lowest BCUT2D eigenvalue weighted by Crippen LogP contribution is -2.24. The van der Waals surface area contributed by atoms with Gasteiger partial charge in [0, 0.05) is 25.2 Å². The lowest BCUT2D eigenvalue weighted by atomic mass is 9.95. The smallest absolute Gasteiger partial charge is 0.145 e. The summed E-state index contributed by atoms with van der Waals surface area (Å²) in [5.74, 6) is 1.59. The normalized spacial score (nSPS) is 13.1. The lowest BCUT2D eigenvalue weighted by Gasteiger charge is -2.23. The van der Waals surface area contributed by atoms with Crippen molar-refractivity contribution >= 4 is 10.9 Å². The van der Waals surface area contributed by atoms with Gasteiger partial charge in [-0.2, -0.15) is 0 Å². The van der Waals surface area contributed by atoms with Crippen molar-refractivity contribution < 1.29 is 9.47 Å². The molecule has 4 nitrogen and oxygen atoms in total. The molecule has 1 atom stereocenters. The van der Waals surface area contributed by atoms with Gasteiger partial charge in [-0.15, -0.1) is 0 Å². The van der Waals surface area contributed by atoms with E-state index < -0.39 is 0 Å². The Kier molecular flexibility index (Phi) is 8.33. The molecule has 2 rings (SSSR count). The summed E-state index contributed by atoms with van der Waals surface area (Å²) in [7, 11) is 1.80. The van der Waals surface area contributed by atoms with Crippen LogP contribution in [-0.2, 0) is 4.74 Å². The van der Waals surface area contributed by atoms with Gasteiger partial charge in [-0.05, 0) is 51.3 Å². The highest BCUT2D eigenvalue weighted by Gasteiger charge is 2.16. The number of para-hydroxylation sites is 1. The summed E-state index contributed by atoms with van der Waals surface area (Å²) >= 11 is 0. The third-order valence-electron chi connectivity index (χ3n) is 4.97. The van der Waals surface area contributed by atoms with Crippen LogP contribution < -0.4 is 10.1 Å². The number of methoxy groups -OCH3 is 1. The van der Waals surface area contributed by atoms with Crippen LogP contribution in [0.3, 0.4) is 0 Å². The predicted octanol–water partition coefficient (Wildman–Crippen LogP) is 4.82. The summed E-state index contributed by atoms with van der Waals surface area (Å²) in [6, 6.07) is 10.1. The molecule has 0 saturated heterocycles. The minimum Gasteiger partial charge on any atom is -0.490 e. The van der Waals surface area contributed by atoms with E-state index in [1.165, 1.54) is 19.3 Å². The van der Waals surface area contributed by atoms with Gasteiger partial charge in [0.1, 0.15) is 17.9 Å². The quantitative estimate of drug-likeness (QED) is 0.552. The zero-order valence-corrected chi connectivity index (χ0v) is 16.8. The molecule has 0 fully saturated rings. The summed E-state index contributed by atoms with van der Waals surface area (Å²) in [5, 5.41) is 4.60. The minimum atomic E-state index is 0.00573. The third-order valence-corrected chi connectivity index (χ3v) is 4.97. The summed E-state index contributed by atoms with van der Waals surface area (Å²) < 4.78 is 11.4. The molecule has 144 valence electrons. The number of pyridine rings is 1. The number of ether oxygens (including phenoxy) is 2. The van der Waals surface area contributed by atoms with Crippen molar-refractivity contribution in [1.82, 2.24) is 10.3 Å². The number of fused-ring (bicyclic) bond motifs is 1. The maximum Gasteiger partial charge on any atom is 0.145 e. The van der Waals surface area contributed by atoms with Gasteiger partial charge < -0.3 is 14.8 Å². The van der Waals surface area contributed by atoms with Crippen molar-refractivity contribution in [2.45, 2.75) is 52.1 Å². The molecule has 0 radical (unpaired) electrons. The molecule has 1 N–H and O–H groups in total. The van der Waals surface area contributed by atoms with E-state index in [4.69, 9.17) is 9.47 Å². The Hall–Kier alpha value is -1.65. The van der Waals surface area contributed by atoms with Crippen LogP contribution in [0.2, 0.25) is 0 Å². The van der Waals surface area contributed by atoms with Gasteiger partial charge in [-0.1, -0.05) is 38.0 Å². The summed E-state index contributed by atoms with van der Waals surface area (Å²) in [6.45, 7) is 9.19. The number of nitrogens with one attached hydrogen (secondary N) is 1. The summed E-state index contributed by atoms with van der Waals surface area (Å²) in [6.07, 6.45) is 6.60. The van der Waals surface area contributed by atoms with E-state index in [0.29, 0.717) is 6.61 Å². The number of nitrogens with zero attached hydrogens (tertiary/aromatic N) is 1. The highest BCUT2D eigenvalue weighted by Crippen LogP contribution is 2.22. The fraction of sp³-hybridized carbons (Fsp3) is 0.591. The predicted molar refractivity (Wildman–Crippen MR) is 109 cm³/mol. The third kappa shape index (κ3) is 6.93. The Labute approximate surface area is 158 Å². The van der Waals surface area contributed by atoms with E-state index >= 15 is 0 Å². The molecule has 26 heavy (non-hydrogen) atoms. The first-order valence-electron chi connectivity index (χ1n) is 9.74. The molecule has 1 aromatic heterocycles. The number of benzene rings is 1. The Bertz CT molecular complexity index is 652. The van der Waals surface area contributed by atoms with Gasteiger partial charge in [0.05, 0.1) is 5.60 Å². The maximum atomic E-state index is 5.90. The van der Waals surface area contributed by atoms with E-state index in [1.54, 1.807) is 7.11 Å². The van der Waals surface area contributed by atoms with E-state index in [-0.39, 0.29) is 5.60 Å². The molecule has 1 unspecified atom stereocenters. The minimum absolute atomic E-state index is 0.00573. The van der Waals surface area contributed by atoms with Gasteiger partial charge in [0.25, 0.3) is 0 Å². The fourth-order valence-electron chi connectivity index (χ4n) is 3.02. The fourth-order valence-corrected chi connectivity index (χ4v) is 3.02. The van der Waals surface area contributed by atoms with Gasteiger partial charge >= 0.3 is 0 Å². The van der Waals surface area contributed by atoms with Crippen LogP contribution in [0.25, 0.3) is 10.9 Å². The van der Waals surface area contributed by atoms with E-state index in [9.17, 15) is 0 Å². The lowest BCUT2D eigenvalue weighted by molar-refractivity contribution is 0.0127. The number of rotatable bonds is 12. The molecule has 0 aliphatic carbocycles. The van der Waals surface area contributed by atoms with Gasteiger partial charge in [-0.25, -0.2) is 0 Å². The molecule has 0 aliphatic heterocycles.